The zero-order valence-electron chi connectivity index (χ0n) is 15.9. The van der Waals surface area contributed by atoms with Gasteiger partial charge in [-0.25, -0.2) is 0 Å². The van der Waals surface area contributed by atoms with E-state index in [0.29, 0.717) is 42.2 Å². The monoisotopic (exact) mass is 380 g/mol. The van der Waals surface area contributed by atoms with Crippen molar-refractivity contribution in [2.45, 2.75) is 114 Å². The molecule has 3 aliphatic carbocycles. The molecule has 152 valence electrons. The summed E-state index contributed by atoms with van der Waals surface area (Å²) in [7, 11) is 0. The minimum Gasteiger partial charge on any atom is -0.393 e. The highest BCUT2D eigenvalue weighted by atomic mass is 16.9. The van der Waals surface area contributed by atoms with E-state index in [4.69, 9.17) is 23.7 Å². The summed E-state index contributed by atoms with van der Waals surface area (Å²) in [6.45, 7) is 0. The molecule has 8 atom stereocenters. The van der Waals surface area contributed by atoms with Gasteiger partial charge in [0.1, 0.15) is 0 Å². The number of aliphatic hydroxyl groups is 1. The first kappa shape index (κ1) is 17.6. The molecule has 3 saturated carbocycles. The lowest BCUT2D eigenvalue weighted by atomic mass is 9.85. The van der Waals surface area contributed by atoms with Gasteiger partial charge in [0, 0.05) is 17.8 Å². The molecule has 0 radical (unpaired) electrons. The fraction of sp³-hybridized carbons (Fsp3) is 1.00. The minimum atomic E-state index is -0.197. The Morgan fingerprint density at radius 3 is 1.37 bits per heavy atom. The van der Waals surface area contributed by atoms with Crippen molar-refractivity contribution in [3.05, 3.63) is 0 Å². The maximum atomic E-state index is 9.87. The van der Waals surface area contributed by atoms with Crippen LogP contribution in [0.25, 0.3) is 0 Å². The molecule has 0 aromatic rings. The average molecular weight is 380 g/mol. The highest BCUT2D eigenvalue weighted by Gasteiger charge is 2.52. The van der Waals surface area contributed by atoms with Crippen LogP contribution in [-0.4, -0.2) is 54.5 Å². The number of fused-ring (bicyclic) bond motifs is 2. The van der Waals surface area contributed by atoms with Gasteiger partial charge in [0.05, 0.1) is 30.5 Å². The summed E-state index contributed by atoms with van der Waals surface area (Å²) < 4.78 is 30.7. The molecule has 6 aliphatic rings. The Kier molecular flexibility index (Phi) is 4.51. The van der Waals surface area contributed by atoms with E-state index in [1.54, 1.807) is 0 Å². The van der Waals surface area contributed by atoms with Crippen molar-refractivity contribution in [2.75, 3.05) is 0 Å². The van der Waals surface area contributed by atoms with Gasteiger partial charge in [-0.1, -0.05) is 0 Å². The third-order valence-corrected chi connectivity index (χ3v) is 7.79. The summed E-state index contributed by atoms with van der Waals surface area (Å²) in [5, 5.41) is 9.87. The smallest absolute Gasteiger partial charge is 0.166 e. The lowest BCUT2D eigenvalue weighted by Gasteiger charge is -2.45. The van der Waals surface area contributed by atoms with Crippen molar-refractivity contribution in [3.63, 3.8) is 0 Å². The third kappa shape index (κ3) is 3.58. The number of hydrogen-bond acceptors (Lipinski definition) is 6. The number of aliphatic hydroxyl groups excluding tert-OH is 1. The van der Waals surface area contributed by atoms with Crippen LogP contribution in [0.1, 0.15) is 64.2 Å². The molecule has 6 rings (SSSR count). The second kappa shape index (κ2) is 6.92. The zero-order chi connectivity index (χ0) is 18.0. The Balaban J connectivity index is 1.16. The molecule has 6 nitrogen and oxygen atoms in total. The molecule has 0 amide bonds. The molecule has 3 saturated heterocycles. The lowest BCUT2D eigenvalue weighted by Crippen LogP contribution is -2.50. The molecule has 27 heavy (non-hydrogen) atoms. The lowest BCUT2D eigenvalue weighted by molar-refractivity contribution is -0.417. The molecule has 6 fully saturated rings. The maximum absolute atomic E-state index is 9.87. The van der Waals surface area contributed by atoms with Gasteiger partial charge in [0.15, 0.2) is 18.9 Å². The van der Waals surface area contributed by atoms with Crippen molar-refractivity contribution in [3.8, 4) is 0 Å². The summed E-state index contributed by atoms with van der Waals surface area (Å²) in [4.78, 5) is 0. The van der Waals surface area contributed by atoms with Gasteiger partial charge >= 0.3 is 0 Å². The van der Waals surface area contributed by atoms with Crippen LogP contribution in [0.4, 0.5) is 0 Å². The molecule has 3 aliphatic heterocycles. The summed E-state index contributed by atoms with van der Waals surface area (Å²) in [6, 6.07) is 0. The van der Waals surface area contributed by atoms with Crippen LogP contribution in [0.15, 0.2) is 0 Å². The molecule has 0 spiro atoms. The van der Waals surface area contributed by atoms with Gasteiger partial charge in [-0.15, -0.1) is 0 Å². The molecule has 0 aromatic heterocycles. The minimum absolute atomic E-state index is 0.155. The van der Waals surface area contributed by atoms with Gasteiger partial charge < -0.3 is 28.8 Å². The average Bonchev–Trinajstić information content (AvgIpc) is 3.61. The number of rotatable bonds is 3. The van der Waals surface area contributed by atoms with Gasteiger partial charge in [-0.2, -0.15) is 0 Å². The van der Waals surface area contributed by atoms with E-state index in [9.17, 15) is 5.11 Å². The van der Waals surface area contributed by atoms with Crippen LogP contribution in [0.2, 0.25) is 0 Å². The molecule has 8 unspecified atom stereocenters. The molecule has 1 N–H and O–H groups in total. The Hall–Kier alpha value is -0.240. The third-order valence-electron chi connectivity index (χ3n) is 7.79. The van der Waals surface area contributed by atoms with Crippen LogP contribution in [-0.2, 0) is 23.7 Å². The number of ether oxygens (including phenoxy) is 5. The van der Waals surface area contributed by atoms with E-state index in [-0.39, 0.29) is 25.0 Å². The topological polar surface area (TPSA) is 73.0 Å². The van der Waals surface area contributed by atoms with Gasteiger partial charge in [-0.05, 0) is 64.2 Å². The first-order chi connectivity index (χ1) is 13.2. The predicted molar refractivity (Wildman–Crippen MR) is 94.6 cm³/mol. The molecular formula is C21H32O6. The first-order valence-electron chi connectivity index (χ1n) is 11.2. The Bertz CT molecular complexity index is 513. The van der Waals surface area contributed by atoms with Gasteiger partial charge in [0.25, 0.3) is 0 Å². The van der Waals surface area contributed by atoms with Gasteiger partial charge in [0.2, 0.25) is 0 Å². The van der Waals surface area contributed by atoms with Crippen LogP contribution >= 0.6 is 0 Å². The molecule has 0 bridgehead atoms. The van der Waals surface area contributed by atoms with Crippen molar-refractivity contribution in [1.82, 2.24) is 0 Å². The van der Waals surface area contributed by atoms with E-state index >= 15 is 0 Å². The van der Waals surface area contributed by atoms with Crippen LogP contribution in [0.5, 0.6) is 0 Å². The zero-order valence-corrected chi connectivity index (χ0v) is 15.9. The summed E-state index contributed by atoms with van der Waals surface area (Å²) >= 11 is 0. The quantitative estimate of drug-likeness (QED) is 0.759. The van der Waals surface area contributed by atoms with Crippen LogP contribution in [0, 0.1) is 17.8 Å². The van der Waals surface area contributed by atoms with E-state index in [1.165, 1.54) is 0 Å². The largest absolute Gasteiger partial charge is 0.393 e. The highest BCUT2D eigenvalue weighted by Crippen LogP contribution is 2.47. The van der Waals surface area contributed by atoms with Crippen molar-refractivity contribution < 1.29 is 28.8 Å². The van der Waals surface area contributed by atoms with E-state index in [1.807, 2.05) is 0 Å². The van der Waals surface area contributed by atoms with E-state index in [2.05, 4.69) is 0 Å². The predicted octanol–water partition coefficient (Wildman–Crippen LogP) is 2.71. The maximum Gasteiger partial charge on any atom is 0.166 e. The van der Waals surface area contributed by atoms with Crippen LogP contribution < -0.4 is 0 Å². The Morgan fingerprint density at radius 1 is 0.444 bits per heavy atom. The fourth-order valence-electron chi connectivity index (χ4n) is 5.90. The first-order valence-corrected chi connectivity index (χ1v) is 11.2. The number of hydrogen-bond donors (Lipinski definition) is 1. The second-order valence-corrected chi connectivity index (χ2v) is 9.65. The SMILES string of the molecule is OC1CCC(C2OC(C3CCC4OC4C3)OC(C3CCC4OC4C3)O2)CC1. The second-order valence-electron chi connectivity index (χ2n) is 9.65. The van der Waals surface area contributed by atoms with Crippen molar-refractivity contribution in [2.24, 2.45) is 17.8 Å². The van der Waals surface area contributed by atoms with Crippen molar-refractivity contribution in [1.29, 1.82) is 0 Å². The van der Waals surface area contributed by atoms with E-state index in [0.717, 1.165) is 64.2 Å². The molecular weight excluding hydrogens is 348 g/mol. The standard InChI is InChI=1S/C21H32O6/c22-14-5-1-11(2-6-14)19-25-20(12-3-7-15-17(9-12)23-15)27-21(26-19)13-4-8-16-18(10-13)24-16/h11-22H,1-10H2. The molecule has 0 aromatic carbocycles. The fourth-order valence-corrected chi connectivity index (χ4v) is 5.90. The van der Waals surface area contributed by atoms with Gasteiger partial charge in [-0.3, -0.25) is 0 Å². The highest BCUT2D eigenvalue weighted by molar-refractivity contribution is 4.95. The summed E-state index contributed by atoms with van der Waals surface area (Å²) in [6.07, 6.45) is 11.4. The normalized spacial score (nSPS) is 57.4. The summed E-state index contributed by atoms with van der Waals surface area (Å²) in [5.74, 6) is 1.18. The van der Waals surface area contributed by atoms with E-state index < -0.39 is 0 Å². The van der Waals surface area contributed by atoms with Crippen LogP contribution in [0.3, 0.4) is 0 Å². The Labute approximate surface area is 160 Å². The molecule has 6 heteroatoms. The summed E-state index contributed by atoms with van der Waals surface area (Å²) in [5.41, 5.74) is 0. The molecule has 3 heterocycles. The van der Waals surface area contributed by atoms with Crippen molar-refractivity contribution >= 4 is 0 Å². The Morgan fingerprint density at radius 2 is 0.889 bits per heavy atom. The number of epoxide rings is 2.